The molecule has 2 aromatic rings. The molecule has 0 aliphatic heterocycles. The molecule has 2 amide bonds. The van der Waals surface area contributed by atoms with Gasteiger partial charge in [-0.2, -0.15) is 5.26 Å². The van der Waals surface area contributed by atoms with Crippen molar-refractivity contribution < 1.29 is 9.59 Å². The van der Waals surface area contributed by atoms with Crippen LogP contribution in [0.3, 0.4) is 0 Å². The van der Waals surface area contributed by atoms with Crippen molar-refractivity contribution in [2.75, 3.05) is 16.0 Å². The van der Waals surface area contributed by atoms with Crippen LogP contribution in [0.1, 0.15) is 6.92 Å². The average molecular weight is 399 g/mol. The molecule has 0 unspecified atom stereocenters. The lowest BCUT2D eigenvalue weighted by molar-refractivity contribution is -0.114. The number of benzene rings is 2. The first-order chi connectivity index (χ1) is 12.0. The maximum absolute atomic E-state index is 12.2. The molecule has 0 spiro atoms. The molecule has 0 atom stereocenters. The van der Waals surface area contributed by atoms with Gasteiger partial charge in [0.2, 0.25) is 5.91 Å². The summed E-state index contributed by atoms with van der Waals surface area (Å²) in [5.74, 6) is -0.699. The number of amides is 2. The van der Waals surface area contributed by atoms with Crippen molar-refractivity contribution in [3.63, 3.8) is 0 Å². The Labute approximate surface area is 153 Å². The third kappa shape index (κ3) is 5.79. The first-order valence-corrected chi connectivity index (χ1v) is 8.08. The third-order valence-corrected chi connectivity index (χ3v) is 3.56. The molecule has 0 saturated carbocycles. The van der Waals surface area contributed by atoms with Gasteiger partial charge in [0, 0.05) is 34.7 Å². The van der Waals surface area contributed by atoms with Crippen LogP contribution in [0.2, 0.25) is 0 Å². The van der Waals surface area contributed by atoms with E-state index in [1.165, 1.54) is 13.1 Å². The van der Waals surface area contributed by atoms with E-state index >= 15 is 0 Å². The van der Waals surface area contributed by atoms with Crippen molar-refractivity contribution >= 4 is 44.8 Å². The van der Waals surface area contributed by atoms with Crippen LogP contribution in [0.25, 0.3) is 0 Å². The number of nitrogens with zero attached hydrogens (tertiary/aromatic N) is 1. The Hall–Kier alpha value is -3.11. The molecule has 0 bridgehead atoms. The van der Waals surface area contributed by atoms with Crippen molar-refractivity contribution in [1.29, 1.82) is 5.26 Å². The minimum Gasteiger partial charge on any atom is -0.360 e. The van der Waals surface area contributed by atoms with E-state index in [2.05, 4.69) is 31.9 Å². The first-order valence-electron chi connectivity index (χ1n) is 7.29. The Morgan fingerprint density at radius 2 is 1.72 bits per heavy atom. The van der Waals surface area contributed by atoms with E-state index < -0.39 is 5.91 Å². The summed E-state index contributed by atoms with van der Waals surface area (Å²) in [6.07, 6.45) is 1.32. The number of halogens is 1. The quantitative estimate of drug-likeness (QED) is 0.526. The molecule has 7 heteroatoms. The number of carbonyl (C=O) groups excluding carboxylic acids is 2. The van der Waals surface area contributed by atoms with Crippen molar-refractivity contribution in [1.82, 2.24) is 0 Å². The number of nitrogens with one attached hydrogen (secondary N) is 3. The fraction of sp³-hybridized carbons (Fsp3) is 0.0556. The van der Waals surface area contributed by atoms with E-state index in [1.807, 2.05) is 6.07 Å². The number of hydrogen-bond donors (Lipinski definition) is 3. The zero-order valence-electron chi connectivity index (χ0n) is 13.3. The standard InChI is InChI=1S/C18H15BrN4O2/c1-12(24)22-17-4-2-3-16(9-17)21-11-13(10-20)18(25)23-15-7-5-14(19)6-8-15/h2-9,11,21H,1H3,(H,22,24)(H,23,25)/b13-11-. The maximum Gasteiger partial charge on any atom is 0.267 e. The average Bonchev–Trinajstić information content (AvgIpc) is 2.57. The summed E-state index contributed by atoms with van der Waals surface area (Å²) in [7, 11) is 0. The van der Waals surface area contributed by atoms with Crippen molar-refractivity contribution in [3.05, 3.63) is 64.8 Å². The maximum atomic E-state index is 12.2. The highest BCUT2D eigenvalue weighted by molar-refractivity contribution is 9.10. The third-order valence-electron chi connectivity index (χ3n) is 3.03. The van der Waals surface area contributed by atoms with Crippen LogP contribution in [-0.4, -0.2) is 11.8 Å². The van der Waals surface area contributed by atoms with E-state index in [0.717, 1.165) is 4.47 Å². The highest BCUT2D eigenvalue weighted by atomic mass is 79.9. The molecule has 25 heavy (non-hydrogen) atoms. The minimum absolute atomic E-state index is 0.0761. The highest BCUT2D eigenvalue weighted by Crippen LogP contribution is 2.17. The monoisotopic (exact) mass is 398 g/mol. The smallest absolute Gasteiger partial charge is 0.267 e. The van der Waals surface area contributed by atoms with Gasteiger partial charge in [-0.15, -0.1) is 0 Å². The summed E-state index contributed by atoms with van der Waals surface area (Å²) in [6.45, 7) is 1.42. The van der Waals surface area contributed by atoms with Crippen LogP contribution >= 0.6 is 15.9 Å². The van der Waals surface area contributed by atoms with E-state index in [4.69, 9.17) is 0 Å². The Balaban J connectivity index is 2.07. The molecule has 0 heterocycles. The minimum atomic E-state index is -0.518. The van der Waals surface area contributed by atoms with Gasteiger partial charge in [-0.25, -0.2) is 0 Å². The fourth-order valence-electron chi connectivity index (χ4n) is 1.93. The topological polar surface area (TPSA) is 94.0 Å². The Morgan fingerprint density at radius 1 is 1.04 bits per heavy atom. The van der Waals surface area contributed by atoms with Crippen LogP contribution in [-0.2, 0) is 9.59 Å². The Bertz CT molecular complexity index is 854. The van der Waals surface area contributed by atoms with E-state index in [-0.39, 0.29) is 11.5 Å². The zero-order chi connectivity index (χ0) is 18.2. The second-order valence-corrected chi connectivity index (χ2v) is 5.95. The lowest BCUT2D eigenvalue weighted by atomic mass is 10.2. The van der Waals surface area contributed by atoms with E-state index in [1.54, 1.807) is 48.5 Å². The molecule has 0 aromatic heterocycles. The van der Waals surface area contributed by atoms with Gasteiger partial charge in [0.15, 0.2) is 0 Å². The second-order valence-electron chi connectivity index (χ2n) is 5.04. The van der Waals surface area contributed by atoms with Gasteiger partial charge in [0.05, 0.1) is 0 Å². The SMILES string of the molecule is CC(=O)Nc1cccc(N/C=C(/C#N)C(=O)Nc2ccc(Br)cc2)c1. The molecule has 0 aliphatic carbocycles. The summed E-state index contributed by atoms with van der Waals surface area (Å²) < 4.78 is 0.891. The van der Waals surface area contributed by atoms with Gasteiger partial charge >= 0.3 is 0 Å². The molecular formula is C18H15BrN4O2. The molecule has 0 radical (unpaired) electrons. The molecule has 3 N–H and O–H groups in total. The largest absolute Gasteiger partial charge is 0.360 e. The summed E-state index contributed by atoms with van der Waals surface area (Å²) in [5.41, 5.74) is 1.76. The summed E-state index contributed by atoms with van der Waals surface area (Å²) in [6, 6.07) is 15.8. The lowest BCUT2D eigenvalue weighted by Gasteiger charge is -2.07. The molecule has 0 saturated heterocycles. The highest BCUT2D eigenvalue weighted by Gasteiger charge is 2.09. The predicted molar refractivity (Wildman–Crippen MR) is 101 cm³/mol. The number of anilines is 3. The van der Waals surface area contributed by atoms with Crippen LogP contribution in [0.5, 0.6) is 0 Å². The Morgan fingerprint density at radius 3 is 2.36 bits per heavy atom. The van der Waals surface area contributed by atoms with E-state index in [9.17, 15) is 14.9 Å². The van der Waals surface area contributed by atoms with Gasteiger partial charge in [-0.3, -0.25) is 9.59 Å². The predicted octanol–water partition coefficient (Wildman–Crippen LogP) is 3.87. The molecule has 2 rings (SSSR count). The van der Waals surface area contributed by atoms with Gasteiger partial charge < -0.3 is 16.0 Å². The molecule has 0 aliphatic rings. The van der Waals surface area contributed by atoms with Crippen LogP contribution in [0.15, 0.2) is 64.8 Å². The lowest BCUT2D eigenvalue weighted by Crippen LogP contribution is -2.14. The van der Waals surface area contributed by atoms with Gasteiger partial charge in [-0.1, -0.05) is 22.0 Å². The van der Waals surface area contributed by atoms with Crippen LogP contribution in [0.4, 0.5) is 17.1 Å². The summed E-state index contributed by atoms with van der Waals surface area (Å²) in [4.78, 5) is 23.2. The van der Waals surface area contributed by atoms with Crippen molar-refractivity contribution in [2.24, 2.45) is 0 Å². The van der Waals surface area contributed by atoms with Crippen LogP contribution < -0.4 is 16.0 Å². The van der Waals surface area contributed by atoms with E-state index in [0.29, 0.717) is 17.1 Å². The molecule has 126 valence electrons. The first kappa shape index (κ1) is 18.2. The van der Waals surface area contributed by atoms with Crippen molar-refractivity contribution in [3.8, 4) is 6.07 Å². The fourth-order valence-corrected chi connectivity index (χ4v) is 2.19. The number of hydrogen-bond acceptors (Lipinski definition) is 4. The summed E-state index contributed by atoms with van der Waals surface area (Å²) in [5, 5.41) is 17.4. The summed E-state index contributed by atoms with van der Waals surface area (Å²) >= 11 is 3.31. The van der Waals surface area contributed by atoms with Crippen molar-refractivity contribution in [2.45, 2.75) is 6.92 Å². The van der Waals surface area contributed by atoms with Gasteiger partial charge in [0.1, 0.15) is 11.6 Å². The Kier molecular flexibility index (Phi) is 6.32. The molecule has 6 nitrogen and oxygen atoms in total. The van der Waals surface area contributed by atoms with Gasteiger partial charge in [0.25, 0.3) is 5.91 Å². The van der Waals surface area contributed by atoms with Gasteiger partial charge in [-0.05, 0) is 42.5 Å². The normalized spacial score (nSPS) is 10.5. The number of rotatable bonds is 5. The molecule has 0 fully saturated rings. The second kappa shape index (κ2) is 8.66. The zero-order valence-corrected chi connectivity index (χ0v) is 14.9. The number of nitriles is 1. The number of carbonyl (C=O) groups is 2. The molecule has 2 aromatic carbocycles. The van der Waals surface area contributed by atoms with Crippen LogP contribution in [0, 0.1) is 11.3 Å². The molecular weight excluding hydrogens is 384 g/mol.